The number of alkyl halides is 1. The summed E-state index contributed by atoms with van der Waals surface area (Å²) in [5.74, 6) is -0.217. The standard InChI is InChI=1S/C11H17FN4O2/c12-8-10(14-5-2-1-3-6-14)9-15-7-4-13-11(15)16(17)18/h4,7,10H,1-3,5-6,8-9H2/i12-1. The third-order valence-electron chi connectivity index (χ3n) is 3.35. The minimum atomic E-state index is -0.536. The van der Waals surface area contributed by atoms with Gasteiger partial charge in [-0.15, -0.1) is 0 Å². The van der Waals surface area contributed by atoms with Crippen LogP contribution in [-0.4, -0.2) is 45.2 Å². The monoisotopic (exact) mass is 255 g/mol. The van der Waals surface area contributed by atoms with Crippen LogP contribution in [0.3, 0.4) is 0 Å². The van der Waals surface area contributed by atoms with Gasteiger partial charge in [0.1, 0.15) is 19.1 Å². The average molecular weight is 255 g/mol. The maximum absolute atomic E-state index is 13.1. The Kier molecular flexibility index (Phi) is 4.24. The summed E-state index contributed by atoms with van der Waals surface area (Å²) in [4.78, 5) is 16.0. The SMILES string of the molecule is O=[N+]([O-])c1nccn1CC(C[18F])N1CCCCC1. The molecule has 1 atom stereocenters. The van der Waals surface area contributed by atoms with Crippen LogP contribution >= 0.6 is 0 Å². The van der Waals surface area contributed by atoms with E-state index in [1.807, 2.05) is 0 Å². The number of hydrogen-bond donors (Lipinski definition) is 0. The van der Waals surface area contributed by atoms with Gasteiger partial charge in [0, 0.05) is 0 Å². The predicted molar refractivity (Wildman–Crippen MR) is 64.1 cm³/mol. The number of piperidine rings is 1. The molecule has 0 amide bonds. The molecule has 0 saturated carbocycles. The highest BCUT2D eigenvalue weighted by molar-refractivity contribution is 5.07. The largest absolute Gasteiger partial charge is 0.434 e. The van der Waals surface area contributed by atoms with E-state index in [1.54, 1.807) is 0 Å². The van der Waals surface area contributed by atoms with Crippen molar-refractivity contribution < 1.29 is 9.31 Å². The minimum absolute atomic E-state index is 0.217. The summed E-state index contributed by atoms with van der Waals surface area (Å²) in [6.07, 6.45) is 6.24. The lowest BCUT2D eigenvalue weighted by Gasteiger charge is -2.32. The van der Waals surface area contributed by atoms with E-state index in [-0.39, 0.29) is 18.5 Å². The molecule has 0 spiro atoms. The van der Waals surface area contributed by atoms with Gasteiger partial charge in [0.2, 0.25) is 0 Å². The Hall–Kier alpha value is -1.50. The van der Waals surface area contributed by atoms with Gasteiger partial charge in [-0.05, 0) is 30.9 Å². The second kappa shape index (κ2) is 5.90. The van der Waals surface area contributed by atoms with Crippen LogP contribution in [0.5, 0.6) is 0 Å². The molecule has 1 unspecified atom stereocenters. The number of rotatable bonds is 5. The van der Waals surface area contributed by atoms with Crippen molar-refractivity contribution in [1.82, 2.24) is 14.5 Å². The summed E-state index contributed by atoms with van der Waals surface area (Å²) in [7, 11) is 0. The summed E-state index contributed by atoms with van der Waals surface area (Å²) in [5, 5.41) is 10.7. The fraction of sp³-hybridized carbons (Fsp3) is 0.727. The van der Waals surface area contributed by atoms with Crippen LogP contribution in [-0.2, 0) is 6.54 Å². The Morgan fingerprint density at radius 2 is 2.17 bits per heavy atom. The molecule has 18 heavy (non-hydrogen) atoms. The lowest BCUT2D eigenvalue weighted by atomic mass is 10.1. The van der Waals surface area contributed by atoms with Crippen molar-refractivity contribution in [1.29, 1.82) is 0 Å². The molecule has 0 aliphatic carbocycles. The Balaban J connectivity index is 2.04. The molecule has 1 aromatic heterocycles. The topological polar surface area (TPSA) is 64.2 Å². The van der Waals surface area contributed by atoms with Gasteiger partial charge in [-0.1, -0.05) is 11.4 Å². The van der Waals surface area contributed by atoms with Crippen LogP contribution in [0.4, 0.5) is 10.3 Å². The number of likely N-dealkylation sites (tertiary alicyclic amines) is 1. The normalized spacial score (nSPS) is 18.7. The molecule has 1 fully saturated rings. The zero-order valence-corrected chi connectivity index (χ0v) is 10.2. The minimum Gasteiger partial charge on any atom is -0.390 e. The fourth-order valence-corrected chi connectivity index (χ4v) is 2.39. The summed E-state index contributed by atoms with van der Waals surface area (Å²) in [6.45, 7) is 1.54. The molecular weight excluding hydrogens is 238 g/mol. The average Bonchev–Trinajstić information content (AvgIpc) is 2.85. The first-order valence-corrected chi connectivity index (χ1v) is 6.18. The van der Waals surface area contributed by atoms with E-state index >= 15 is 0 Å². The van der Waals surface area contributed by atoms with Crippen LogP contribution in [0, 0.1) is 10.1 Å². The van der Waals surface area contributed by atoms with Crippen LogP contribution in [0.25, 0.3) is 0 Å². The second-order valence-corrected chi connectivity index (χ2v) is 4.54. The van der Waals surface area contributed by atoms with E-state index in [4.69, 9.17) is 0 Å². The van der Waals surface area contributed by atoms with Crippen molar-refractivity contribution >= 4 is 5.95 Å². The first-order valence-electron chi connectivity index (χ1n) is 6.18. The molecule has 0 bridgehead atoms. The van der Waals surface area contributed by atoms with E-state index in [1.165, 1.54) is 23.4 Å². The third-order valence-corrected chi connectivity index (χ3v) is 3.35. The van der Waals surface area contributed by atoms with Crippen molar-refractivity contribution in [2.75, 3.05) is 19.8 Å². The number of hydrogen-bond acceptors (Lipinski definition) is 4. The Morgan fingerprint density at radius 3 is 2.78 bits per heavy atom. The van der Waals surface area contributed by atoms with Gasteiger partial charge >= 0.3 is 5.95 Å². The van der Waals surface area contributed by atoms with Crippen molar-refractivity contribution in [3.8, 4) is 0 Å². The Bertz CT molecular complexity index is 404. The van der Waals surface area contributed by atoms with E-state index in [9.17, 15) is 14.5 Å². The molecule has 1 aliphatic heterocycles. The molecule has 100 valence electrons. The maximum atomic E-state index is 13.1. The first kappa shape index (κ1) is 12.9. The van der Waals surface area contributed by atoms with Gasteiger partial charge in [0.25, 0.3) is 0 Å². The number of halogens is 1. The lowest BCUT2D eigenvalue weighted by Crippen LogP contribution is -2.43. The number of nitro groups is 1. The van der Waals surface area contributed by atoms with Crippen molar-refractivity contribution in [2.24, 2.45) is 0 Å². The van der Waals surface area contributed by atoms with E-state index in [0.717, 1.165) is 25.9 Å². The number of aromatic nitrogens is 2. The van der Waals surface area contributed by atoms with Gasteiger partial charge in [-0.25, -0.2) is 8.96 Å². The third kappa shape index (κ3) is 2.84. The maximum Gasteiger partial charge on any atom is 0.434 e. The Morgan fingerprint density at radius 1 is 1.44 bits per heavy atom. The quantitative estimate of drug-likeness (QED) is 0.592. The molecule has 2 rings (SSSR count). The molecule has 7 heteroatoms. The number of imidazole rings is 1. The zero-order chi connectivity index (χ0) is 13.0. The molecule has 0 N–H and O–H groups in total. The second-order valence-electron chi connectivity index (χ2n) is 4.54. The van der Waals surface area contributed by atoms with Crippen molar-refractivity contribution in [2.45, 2.75) is 31.8 Å². The van der Waals surface area contributed by atoms with Gasteiger partial charge in [0.15, 0.2) is 0 Å². The summed E-state index contributed by atoms with van der Waals surface area (Å²) >= 11 is 0. The van der Waals surface area contributed by atoms with Gasteiger partial charge in [-0.2, -0.15) is 0 Å². The molecule has 0 aromatic carbocycles. The van der Waals surface area contributed by atoms with Crippen LogP contribution in [0.2, 0.25) is 0 Å². The van der Waals surface area contributed by atoms with Crippen molar-refractivity contribution in [3.63, 3.8) is 0 Å². The fourth-order valence-electron chi connectivity index (χ4n) is 2.39. The van der Waals surface area contributed by atoms with Gasteiger partial charge < -0.3 is 10.1 Å². The van der Waals surface area contributed by atoms with Crippen molar-refractivity contribution in [3.05, 3.63) is 22.5 Å². The highest BCUT2D eigenvalue weighted by Crippen LogP contribution is 2.16. The van der Waals surface area contributed by atoms with E-state index in [0.29, 0.717) is 0 Å². The molecule has 1 aromatic rings. The molecule has 1 aliphatic rings. The molecule has 2 heterocycles. The predicted octanol–water partition coefficient (Wildman–Crippen LogP) is 1.62. The zero-order valence-electron chi connectivity index (χ0n) is 10.2. The molecule has 1 saturated heterocycles. The van der Waals surface area contributed by atoms with Gasteiger partial charge in [0.05, 0.1) is 12.6 Å². The van der Waals surface area contributed by atoms with Gasteiger partial charge in [-0.3, -0.25) is 4.90 Å². The van der Waals surface area contributed by atoms with E-state index in [2.05, 4.69) is 9.88 Å². The molecule has 6 nitrogen and oxygen atoms in total. The first-order chi connectivity index (χ1) is 8.72. The summed E-state index contributed by atoms with van der Waals surface area (Å²) in [6, 6.07) is -0.293. The van der Waals surface area contributed by atoms with Crippen LogP contribution < -0.4 is 0 Å². The smallest absolute Gasteiger partial charge is 0.390 e. The highest BCUT2D eigenvalue weighted by atomic mass is 18.2. The number of nitrogens with zero attached hydrogens (tertiary/aromatic N) is 4. The van der Waals surface area contributed by atoms with Crippen LogP contribution in [0.1, 0.15) is 19.3 Å². The molecular formula is C11H17FN4O2. The summed E-state index contributed by atoms with van der Waals surface area (Å²) < 4.78 is 14.5. The molecule has 0 radical (unpaired) electrons. The highest BCUT2D eigenvalue weighted by Gasteiger charge is 2.25. The van der Waals surface area contributed by atoms with E-state index < -0.39 is 11.6 Å². The summed E-state index contributed by atoms with van der Waals surface area (Å²) in [5.41, 5.74) is 0. The van der Waals surface area contributed by atoms with Crippen LogP contribution in [0.15, 0.2) is 12.4 Å². The Labute approximate surface area is 105 Å². The lowest BCUT2D eigenvalue weighted by molar-refractivity contribution is -0.396.